The third-order valence-corrected chi connectivity index (χ3v) is 2.40. The summed E-state index contributed by atoms with van der Waals surface area (Å²) >= 11 is 0. The van der Waals surface area contributed by atoms with E-state index >= 15 is 0 Å². The molecule has 0 aliphatic carbocycles. The molecular formula is C10H21N5. The van der Waals surface area contributed by atoms with Crippen molar-refractivity contribution in [2.75, 3.05) is 6.54 Å². The molecular weight excluding hydrogens is 190 g/mol. The lowest BCUT2D eigenvalue weighted by atomic mass is 10.1. The van der Waals surface area contributed by atoms with E-state index < -0.39 is 0 Å². The van der Waals surface area contributed by atoms with Crippen molar-refractivity contribution < 1.29 is 0 Å². The lowest BCUT2D eigenvalue weighted by Gasteiger charge is -2.15. The van der Waals surface area contributed by atoms with E-state index in [0.717, 1.165) is 25.2 Å². The van der Waals surface area contributed by atoms with Gasteiger partial charge in [-0.25, -0.2) is 0 Å². The van der Waals surface area contributed by atoms with Crippen LogP contribution in [0.4, 0.5) is 0 Å². The van der Waals surface area contributed by atoms with E-state index in [1.165, 1.54) is 17.6 Å². The summed E-state index contributed by atoms with van der Waals surface area (Å²) in [5.74, 6) is 0.844. The third-order valence-electron chi connectivity index (χ3n) is 2.40. The molecule has 1 atom stereocenters. The fourth-order valence-electron chi connectivity index (χ4n) is 1.71. The number of nitrogens with zero attached hydrogens (tertiary/aromatic N) is 4. The highest BCUT2D eigenvalue weighted by atomic mass is 15.6. The summed E-state index contributed by atoms with van der Waals surface area (Å²) in [7, 11) is 1.80. The lowest BCUT2D eigenvalue weighted by Crippen LogP contribution is -2.29. The van der Waals surface area contributed by atoms with E-state index in [1.807, 2.05) is 0 Å². The number of hydrogen-bond acceptors (Lipinski definition) is 4. The Hall–Kier alpha value is -0.970. The van der Waals surface area contributed by atoms with Crippen molar-refractivity contribution in [3.05, 3.63) is 5.82 Å². The summed E-state index contributed by atoms with van der Waals surface area (Å²) < 4.78 is 0. The molecule has 86 valence electrons. The monoisotopic (exact) mass is 211 g/mol. The van der Waals surface area contributed by atoms with Gasteiger partial charge in [0, 0.05) is 12.5 Å². The second kappa shape index (κ2) is 6.50. The predicted octanol–water partition coefficient (Wildman–Crippen LogP) is 0.921. The van der Waals surface area contributed by atoms with Crippen LogP contribution in [0.25, 0.3) is 0 Å². The molecule has 1 aromatic rings. The van der Waals surface area contributed by atoms with Gasteiger partial charge in [-0.05, 0) is 24.6 Å². The van der Waals surface area contributed by atoms with E-state index in [2.05, 4.69) is 34.6 Å². The van der Waals surface area contributed by atoms with Gasteiger partial charge >= 0.3 is 0 Å². The second-order valence-corrected chi connectivity index (χ2v) is 3.78. The van der Waals surface area contributed by atoms with Crippen molar-refractivity contribution in [2.45, 2.75) is 45.6 Å². The number of rotatable bonds is 7. The largest absolute Gasteiger partial charge is 0.314 e. The maximum absolute atomic E-state index is 4.17. The van der Waals surface area contributed by atoms with Crippen molar-refractivity contribution in [2.24, 2.45) is 7.05 Å². The highest BCUT2D eigenvalue weighted by Gasteiger charge is 2.08. The Kier molecular flexibility index (Phi) is 5.25. The van der Waals surface area contributed by atoms with Crippen molar-refractivity contribution in [1.82, 2.24) is 25.5 Å². The molecule has 5 heteroatoms. The molecule has 0 amide bonds. The first-order valence-electron chi connectivity index (χ1n) is 5.72. The minimum Gasteiger partial charge on any atom is -0.314 e. The summed E-state index contributed by atoms with van der Waals surface area (Å²) in [6.45, 7) is 5.38. The maximum atomic E-state index is 4.17. The fraction of sp³-hybridized carbons (Fsp3) is 0.900. The molecule has 0 aromatic carbocycles. The quantitative estimate of drug-likeness (QED) is 0.728. The molecule has 1 N–H and O–H groups in total. The molecule has 0 fully saturated rings. The van der Waals surface area contributed by atoms with Crippen LogP contribution in [-0.2, 0) is 13.5 Å². The summed E-state index contributed by atoms with van der Waals surface area (Å²) in [6, 6.07) is 0.587. The Labute approximate surface area is 91.2 Å². The smallest absolute Gasteiger partial charge is 0.174 e. The highest BCUT2D eigenvalue weighted by Crippen LogP contribution is 2.05. The van der Waals surface area contributed by atoms with Gasteiger partial charge in [0.1, 0.15) is 0 Å². The summed E-state index contributed by atoms with van der Waals surface area (Å²) in [4.78, 5) is 1.51. The molecule has 0 aliphatic rings. The molecule has 1 aromatic heterocycles. The Bertz CT molecular complexity index is 265. The van der Waals surface area contributed by atoms with Crippen LogP contribution in [0.15, 0.2) is 0 Å². The molecule has 0 bridgehead atoms. The summed E-state index contributed by atoms with van der Waals surface area (Å²) in [6.07, 6.45) is 4.43. The van der Waals surface area contributed by atoms with Crippen LogP contribution < -0.4 is 5.32 Å². The van der Waals surface area contributed by atoms with Gasteiger partial charge in [0.25, 0.3) is 0 Å². The van der Waals surface area contributed by atoms with Crippen LogP contribution in [0.1, 0.15) is 38.9 Å². The molecule has 1 heterocycles. The normalized spacial score (nSPS) is 13.0. The van der Waals surface area contributed by atoms with Gasteiger partial charge in [0.15, 0.2) is 5.82 Å². The fourth-order valence-corrected chi connectivity index (χ4v) is 1.71. The van der Waals surface area contributed by atoms with Gasteiger partial charge in [-0.15, -0.1) is 10.2 Å². The van der Waals surface area contributed by atoms with Gasteiger partial charge < -0.3 is 5.32 Å². The summed E-state index contributed by atoms with van der Waals surface area (Å²) in [5, 5.41) is 15.5. The van der Waals surface area contributed by atoms with Crippen LogP contribution in [-0.4, -0.2) is 32.8 Å². The number of aromatic nitrogens is 4. The van der Waals surface area contributed by atoms with Crippen LogP contribution in [0.3, 0.4) is 0 Å². The van der Waals surface area contributed by atoms with Gasteiger partial charge in [-0.1, -0.05) is 20.3 Å². The first-order chi connectivity index (χ1) is 7.26. The lowest BCUT2D eigenvalue weighted by molar-refractivity contribution is 0.455. The topological polar surface area (TPSA) is 55.6 Å². The molecule has 0 saturated carbocycles. The molecule has 1 rings (SSSR count). The standard InChI is InChI=1S/C10H21N5/c1-4-6-9(11-5-2)7-8-10-12-14-15(3)13-10/h9,11H,4-8H2,1-3H3. The molecule has 0 saturated heterocycles. The average Bonchev–Trinajstić information content (AvgIpc) is 2.61. The summed E-state index contributed by atoms with van der Waals surface area (Å²) in [5.41, 5.74) is 0. The van der Waals surface area contributed by atoms with Crippen LogP contribution >= 0.6 is 0 Å². The molecule has 5 nitrogen and oxygen atoms in total. The van der Waals surface area contributed by atoms with Crippen LogP contribution in [0, 0.1) is 0 Å². The first-order valence-corrected chi connectivity index (χ1v) is 5.72. The second-order valence-electron chi connectivity index (χ2n) is 3.78. The molecule has 15 heavy (non-hydrogen) atoms. The maximum Gasteiger partial charge on any atom is 0.174 e. The van der Waals surface area contributed by atoms with Crippen molar-refractivity contribution in [1.29, 1.82) is 0 Å². The zero-order valence-corrected chi connectivity index (χ0v) is 9.90. The van der Waals surface area contributed by atoms with E-state index in [-0.39, 0.29) is 0 Å². The predicted molar refractivity (Wildman–Crippen MR) is 59.5 cm³/mol. The van der Waals surface area contributed by atoms with Gasteiger partial charge in [-0.3, -0.25) is 0 Å². The molecule has 1 unspecified atom stereocenters. The first kappa shape index (κ1) is 12.1. The van der Waals surface area contributed by atoms with Gasteiger partial charge in [0.05, 0.1) is 7.05 Å². The van der Waals surface area contributed by atoms with Gasteiger partial charge in [-0.2, -0.15) is 4.80 Å². The van der Waals surface area contributed by atoms with Gasteiger partial charge in [0.2, 0.25) is 0 Å². The minimum atomic E-state index is 0.587. The Balaban J connectivity index is 2.32. The Morgan fingerprint density at radius 2 is 2.13 bits per heavy atom. The Morgan fingerprint density at radius 1 is 1.33 bits per heavy atom. The molecule has 0 radical (unpaired) electrons. The number of nitrogens with one attached hydrogen (secondary N) is 1. The average molecular weight is 211 g/mol. The van der Waals surface area contributed by atoms with Crippen molar-refractivity contribution in [3.63, 3.8) is 0 Å². The van der Waals surface area contributed by atoms with E-state index in [9.17, 15) is 0 Å². The van der Waals surface area contributed by atoms with Crippen LogP contribution in [0.2, 0.25) is 0 Å². The third kappa shape index (κ3) is 4.38. The number of tetrazole rings is 1. The van der Waals surface area contributed by atoms with E-state index in [0.29, 0.717) is 6.04 Å². The van der Waals surface area contributed by atoms with Crippen LogP contribution in [0.5, 0.6) is 0 Å². The zero-order chi connectivity index (χ0) is 11.1. The minimum absolute atomic E-state index is 0.587. The zero-order valence-electron chi connectivity index (χ0n) is 9.90. The van der Waals surface area contributed by atoms with E-state index in [1.54, 1.807) is 7.05 Å². The van der Waals surface area contributed by atoms with Crippen molar-refractivity contribution in [3.8, 4) is 0 Å². The number of aryl methyl sites for hydroxylation is 2. The molecule has 0 spiro atoms. The molecule has 0 aliphatic heterocycles. The SMILES string of the molecule is CCCC(CCc1nnn(C)n1)NCC. The highest BCUT2D eigenvalue weighted by molar-refractivity contribution is 4.80. The Morgan fingerprint density at radius 3 is 2.67 bits per heavy atom. The number of hydrogen-bond donors (Lipinski definition) is 1. The van der Waals surface area contributed by atoms with E-state index in [4.69, 9.17) is 0 Å². The van der Waals surface area contributed by atoms with Crippen molar-refractivity contribution >= 4 is 0 Å².